The van der Waals surface area contributed by atoms with E-state index >= 15 is 0 Å². The first-order chi connectivity index (χ1) is 11.7. The largest absolute Gasteiger partial charge is 0.497 e. The normalized spacial score (nSPS) is 13.7. The summed E-state index contributed by atoms with van der Waals surface area (Å²) in [5.41, 5.74) is 3.38. The molecule has 0 saturated carbocycles. The molecule has 1 fully saturated rings. The lowest BCUT2D eigenvalue weighted by Crippen LogP contribution is -2.27. The molecule has 0 atom stereocenters. The van der Waals surface area contributed by atoms with Crippen LogP contribution >= 0.6 is 12.4 Å². The summed E-state index contributed by atoms with van der Waals surface area (Å²) in [4.78, 5) is 22.2. The third kappa shape index (κ3) is 3.33. The van der Waals surface area contributed by atoms with E-state index in [1.807, 2.05) is 35.2 Å². The molecule has 3 heterocycles. The first kappa shape index (κ1) is 17.3. The first-order valence-corrected chi connectivity index (χ1v) is 8.17. The van der Waals surface area contributed by atoms with E-state index in [0.29, 0.717) is 5.56 Å². The van der Waals surface area contributed by atoms with Crippen molar-refractivity contribution in [1.29, 1.82) is 0 Å². The van der Waals surface area contributed by atoms with Crippen molar-refractivity contribution in [3.63, 3.8) is 0 Å². The lowest BCUT2D eigenvalue weighted by Gasteiger charge is -2.15. The molecule has 1 N–H and O–H groups in total. The van der Waals surface area contributed by atoms with E-state index in [1.54, 1.807) is 19.4 Å². The standard InChI is InChI=1S/C19H19N3O2.ClH/c1-24-15-4-5-16-14(10-15)12-18(21-16)17-11-13(6-7-20-17)19(23)22-8-2-3-9-22;/h4-7,10-12,21H,2-3,8-9H2,1H3;1H. The van der Waals surface area contributed by atoms with Crippen LogP contribution < -0.4 is 4.74 Å². The topological polar surface area (TPSA) is 58.2 Å². The van der Waals surface area contributed by atoms with Crippen molar-refractivity contribution in [1.82, 2.24) is 14.9 Å². The molecule has 5 nitrogen and oxygen atoms in total. The van der Waals surface area contributed by atoms with Crippen molar-refractivity contribution in [2.45, 2.75) is 12.8 Å². The molecule has 1 aliphatic rings. The second-order valence-corrected chi connectivity index (χ2v) is 6.07. The van der Waals surface area contributed by atoms with Gasteiger partial charge in [0.1, 0.15) is 5.75 Å². The SMILES string of the molecule is COc1ccc2[nH]c(-c3cc(C(=O)N4CCCC4)ccn3)cc2c1.Cl. The molecule has 4 rings (SSSR count). The summed E-state index contributed by atoms with van der Waals surface area (Å²) in [6.45, 7) is 1.70. The molecule has 1 amide bonds. The van der Waals surface area contributed by atoms with Crippen LogP contribution in [0.25, 0.3) is 22.3 Å². The lowest BCUT2D eigenvalue weighted by atomic mass is 10.1. The average molecular weight is 358 g/mol. The maximum absolute atomic E-state index is 12.6. The number of fused-ring (bicyclic) bond motifs is 1. The summed E-state index contributed by atoms with van der Waals surface area (Å²) < 4.78 is 5.27. The van der Waals surface area contributed by atoms with Gasteiger partial charge in [0, 0.05) is 35.8 Å². The van der Waals surface area contributed by atoms with Crippen LogP contribution in [0.2, 0.25) is 0 Å². The van der Waals surface area contributed by atoms with E-state index < -0.39 is 0 Å². The van der Waals surface area contributed by atoms with Gasteiger partial charge in [0.15, 0.2) is 0 Å². The quantitative estimate of drug-likeness (QED) is 0.773. The number of benzene rings is 1. The summed E-state index contributed by atoms with van der Waals surface area (Å²) in [6, 6.07) is 11.6. The monoisotopic (exact) mass is 357 g/mol. The fourth-order valence-electron chi connectivity index (χ4n) is 3.19. The number of hydrogen-bond acceptors (Lipinski definition) is 3. The number of methoxy groups -OCH3 is 1. The molecular formula is C19H20ClN3O2. The van der Waals surface area contributed by atoms with Gasteiger partial charge in [-0.25, -0.2) is 0 Å². The third-order valence-electron chi connectivity index (χ3n) is 4.50. The van der Waals surface area contributed by atoms with Crippen molar-refractivity contribution in [2.24, 2.45) is 0 Å². The number of hydrogen-bond donors (Lipinski definition) is 1. The number of carbonyl (C=O) groups is 1. The highest BCUT2D eigenvalue weighted by Gasteiger charge is 2.20. The molecular weight excluding hydrogens is 338 g/mol. The maximum Gasteiger partial charge on any atom is 0.253 e. The van der Waals surface area contributed by atoms with E-state index in [0.717, 1.165) is 54.0 Å². The molecule has 130 valence electrons. The second-order valence-electron chi connectivity index (χ2n) is 6.07. The molecule has 0 radical (unpaired) electrons. The number of pyridine rings is 1. The number of aromatic amines is 1. The molecule has 0 aliphatic carbocycles. The van der Waals surface area contributed by atoms with Gasteiger partial charge in [-0.1, -0.05) is 0 Å². The van der Waals surface area contributed by atoms with Gasteiger partial charge in [-0.2, -0.15) is 0 Å². The van der Waals surface area contributed by atoms with Gasteiger partial charge in [0.2, 0.25) is 0 Å². The molecule has 6 heteroatoms. The Bertz CT molecular complexity index is 901. The molecule has 2 aromatic heterocycles. The Morgan fingerprint density at radius 1 is 1.16 bits per heavy atom. The predicted octanol–water partition coefficient (Wildman–Crippen LogP) is 3.90. The smallest absolute Gasteiger partial charge is 0.253 e. The van der Waals surface area contributed by atoms with Crippen LogP contribution in [0.5, 0.6) is 5.75 Å². The highest BCUT2D eigenvalue weighted by molar-refractivity contribution is 5.95. The van der Waals surface area contributed by atoms with E-state index in [9.17, 15) is 4.79 Å². The van der Waals surface area contributed by atoms with Crippen LogP contribution in [0.3, 0.4) is 0 Å². The molecule has 1 aromatic carbocycles. The molecule has 3 aromatic rings. The Labute approximate surface area is 152 Å². The van der Waals surface area contributed by atoms with Crippen LogP contribution in [-0.4, -0.2) is 41.0 Å². The number of nitrogens with one attached hydrogen (secondary N) is 1. The average Bonchev–Trinajstić information content (AvgIpc) is 3.30. The van der Waals surface area contributed by atoms with Crippen LogP contribution in [0, 0.1) is 0 Å². The lowest BCUT2D eigenvalue weighted by molar-refractivity contribution is 0.0793. The Kier molecular flexibility index (Phi) is 4.95. The fraction of sp³-hybridized carbons (Fsp3) is 0.263. The Hall–Kier alpha value is -2.53. The summed E-state index contributed by atoms with van der Waals surface area (Å²) in [7, 11) is 1.66. The maximum atomic E-state index is 12.6. The highest BCUT2D eigenvalue weighted by atomic mass is 35.5. The number of carbonyl (C=O) groups excluding carboxylic acids is 1. The van der Waals surface area contributed by atoms with Gasteiger partial charge in [0.05, 0.1) is 18.5 Å². The Morgan fingerprint density at radius 3 is 2.72 bits per heavy atom. The van der Waals surface area contributed by atoms with Crippen LogP contribution in [-0.2, 0) is 0 Å². The number of halogens is 1. The molecule has 0 unspecified atom stereocenters. The van der Waals surface area contributed by atoms with Crippen LogP contribution in [0.4, 0.5) is 0 Å². The Balaban J connectivity index is 0.00000182. The second kappa shape index (κ2) is 7.15. The minimum atomic E-state index is 0. The molecule has 1 aliphatic heterocycles. The minimum Gasteiger partial charge on any atom is -0.497 e. The van der Waals surface area contributed by atoms with Gasteiger partial charge >= 0.3 is 0 Å². The highest BCUT2D eigenvalue weighted by Crippen LogP contribution is 2.26. The van der Waals surface area contributed by atoms with Crippen molar-refractivity contribution >= 4 is 29.2 Å². The van der Waals surface area contributed by atoms with E-state index in [1.165, 1.54) is 0 Å². The van der Waals surface area contributed by atoms with Gasteiger partial charge in [0.25, 0.3) is 5.91 Å². The third-order valence-corrected chi connectivity index (χ3v) is 4.50. The summed E-state index contributed by atoms with van der Waals surface area (Å²) in [6.07, 6.45) is 3.88. The summed E-state index contributed by atoms with van der Waals surface area (Å²) in [5.74, 6) is 0.910. The zero-order valence-electron chi connectivity index (χ0n) is 14.0. The number of rotatable bonds is 3. The van der Waals surface area contributed by atoms with E-state index in [4.69, 9.17) is 4.74 Å². The number of H-pyrrole nitrogens is 1. The van der Waals surface area contributed by atoms with Crippen molar-refractivity contribution in [3.8, 4) is 17.1 Å². The summed E-state index contributed by atoms with van der Waals surface area (Å²) in [5, 5.41) is 1.06. The van der Waals surface area contributed by atoms with Crippen LogP contribution in [0.15, 0.2) is 42.6 Å². The number of aromatic nitrogens is 2. The molecule has 1 saturated heterocycles. The predicted molar refractivity (Wildman–Crippen MR) is 100 cm³/mol. The van der Waals surface area contributed by atoms with E-state index in [2.05, 4.69) is 9.97 Å². The van der Waals surface area contributed by atoms with Gasteiger partial charge in [-0.15, -0.1) is 12.4 Å². The number of amides is 1. The molecule has 0 bridgehead atoms. The van der Waals surface area contributed by atoms with Crippen molar-refractivity contribution in [3.05, 3.63) is 48.2 Å². The van der Waals surface area contributed by atoms with Gasteiger partial charge < -0.3 is 14.6 Å². The zero-order valence-corrected chi connectivity index (χ0v) is 14.8. The fourth-order valence-corrected chi connectivity index (χ4v) is 3.19. The zero-order chi connectivity index (χ0) is 16.5. The van der Waals surface area contributed by atoms with Crippen molar-refractivity contribution in [2.75, 3.05) is 20.2 Å². The molecule has 25 heavy (non-hydrogen) atoms. The van der Waals surface area contributed by atoms with Crippen LogP contribution in [0.1, 0.15) is 23.2 Å². The Morgan fingerprint density at radius 2 is 1.96 bits per heavy atom. The summed E-state index contributed by atoms with van der Waals surface area (Å²) >= 11 is 0. The van der Waals surface area contributed by atoms with Gasteiger partial charge in [-0.05, 0) is 49.2 Å². The van der Waals surface area contributed by atoms with Gasteiger partial charge in [-0.3, -0.25) is 9.78 Å². The number of ether oxygens (including phenoxy) is 1. The first-order valence-electron chi connectivity index (χ1n) is 8.17. The molecule has 0 spiro atoms. The number of likely N-dealkylation sites (tertiary alicyclic amines) is 1. The minimum absolute atomic E-state index is 0. The number of nitrogens with zero attached hydrogens (tertiary/aromatic N) is 2. The van der Waals surface area contributed by atoms with Crippen molar-refractivity contribution < 1.29 is 9.53 Å². The van der Waals surface area contributed by atoms with E-state index in [-0.39, 0.29) is 18.3 Å².